The Morgan fingerprint density at radius 3 is 1.67 bits per heavy atom. The predicted molar refractivity (Wildman–Crippen MR) is 224 cm³/mol. The monoisotopic (exact) mass is 707 g/mol. The van der Waals surface area contributed by atoms with Crippen molar-refractivity contribution in [1.82, 2.24) is 15.0 Å². The minimum Gasteiger partial charge on any atom is -0.456 e. The topological polar surface area (TPSA) is 51.8 Å². The number of furan rings is 1. The van der Waals surface area contributed by atoms with Crippen molar-refractivity contribution >= 4 is 21.9 Å². The van der Waals surface area contributed by atoms with Gasteiger partial charge in [-0.05, 0) is 87.7 Å². The zero-order valence-electron chi connectivity index (χ0n) is 30.4. The van der Waals surface area contributed by atoms with Gasteiger partial charge < -0.3 is 4.42 Å². The van der Waals surface area contributed by atoms with Gasteiger partial charge in [0.05, 0.1) is 0 Å². The summed E-state index contributed by atoms with van der Waals surface area (Å²) < 4.78 is 6.40. The molecule has 0 atom stereocenters. The van der Waals surface area contributed by atoms with Gasteiger partial charge in [0.2, 0.25) is 0 Å². The van der Waals surface area contributed by atoms with Crippen molar-refractivity contribution < 1.29 is 4.42 Å². The molecular weight excluding hydrogens is 671 g/mol. The van der Waals surface area contributed by atoms with Gasteiger partial charge in [0.1, 0.15) is 11.2 Å². The first-order valence-electron chi connectivity index (χ1n) is 19.4. The molecule has 7 aromatic carbocycles. The summed E-state index contributed by atoms with van der Waals surface area (Å²) in [5, 5.41) is 2.42. The lowest BCUT2D eigenvalue weighted by Gasteiger charge is -2.36. The Morgan fingerprint density at radius 1 is 0.364 bits per heavy atom. The van der Waals surface area contributed by atoms with Crippen LogP contribution in [0.4, 0.5) is 0 Å². The van der Waals surface area contributed by atoms with Gasteiger partial charge in [-0.15, -0.1) is 0 Å². The quantitative estimate of drug-likeness (QED) is 0.179. The fourth-order valence-corrected chi connectivity index (χ4v) is 9.21. The number of hydrogen-bond donors (Lipinski definition) is 0. The third-order valence-electron chi connectivity index (χ3n) is 11.9. The van der Waals surface area contributed by atoms with E-state index >= 15 is 0 Å². The van der Waals surface area contributed by atoms with E-state index in [1.807, 2.05) is 24.3 Å². The van der Waals surface area contributed by atoms with E-state index in [1.165, 1.54) is 76.3 Å². The van der Waals surface area contributed by atoms with Gasteiger partial charge >= 0.3 is 0 Å². The molecule has 1 saturated carbocycles. The second kappa shape index (κ2) is 12.7. The van der Waals surface area contributed by atoms with Gasteiger partial charge in [0.15, 0.2) is 17.5 Å². The molecular formula is C51H37N3O. The van der Waals surface area contributed by atoms with E-state index in [1.54, 1.807) is 0 Å². The fraction of sp³-hybridized carbons (Fsp3) is 0.118. The first kappa shape index (κ1) is 31.8. The van der Waals surface area contributed by atoms with Gasteiger partial charge in [0.25, 0.3) is 0 Å². The first-order chi connectivity index (χ1) is 27.2. The van der Waals surface area contributed by atoms with Crippen molar-refractivity contribution in [2.24, 2.45) is 0 Å². The van der Waals surface area contributed by atoms with Crippen molar-refractivity contribution in [1.29, 1.82) is 0 Å². The highest BCUT2D eigenvalue weighted by molar-refractivity contribution is 6.07. The Morgan fingerprint density at radius 2 is 0.909 bits per heavy atom. The van der Waals surface area contributed by atoms with Crippen LogP contribution in [0.5, 0.6) is 0 Å². The molecule has 1 fully saturated rings. The van der Waals surface area contributed by atoms with E-state index in [0.717, 1.165) is 39.0 Å². The Bertz CT molecular complexity index is 2890. The highest BCUT2D eigenvalue weighted by Crippen LogP contribution is 2.57. The van der Waals surface area contributed by atoms with E-state index in [4.69, 9.17) is 19.4 Å². The molecule has 0 unspecified atom stereocenters. The van der Waals surface area contributed by atoms with Gasteiger partial charge in [-0.2, -0.15) is 0 Å². The molecule has 55 heavy (non-hydrogen) atoms. The number of para-hydroxylation sites is 1. The average Bonchev–Trinajstić information content (AvgIpc) is 3.75. The molecule has 0 N–H and O–H groups in total. The molecule has 2 aromatic heterocycles. The molecule has 0 aliphatic heterocycles. The number of fused-ring (bicyclic) bond motifs is 8. The summed E-state index contributed by atoms with van der Waals surface area (Å²) in [6.45, 7) is 0. The molecule has 262 valence electrons. The maximum absolute atomic E-state index is 6.40. The summed E-state index contributed by atoms with van der Waals surface area (Å²) in [6.07, 6.45) is 6.10. The van der Waals surface area contributed by atoms with Crippen LogP contribution in [0.15, 0.2) is 168 Å². The minimum atomic E-state index is 0.00680. The van der Waals surface area contributed by atoms with Crippen molar-refractivity contribution in [2.45, 2.75) is 37.5 Å². The van der Waals surface area contributed by atoms with Crippen molar-refractivity contribution in [3.63, 3.8) is 0 Å². The van der Waals surface area contributed by atoms with E-state index in [-0.39, 0.29) is 5.41 Å². The standard InChI is InChI=1S/C51H37N3O/c1-4-13-33(14-5-1)34-21-23-36(24-22-34)49-52-48(35-15-6-2-7-16-35)53-50(54-49)39-18-12-17-37(29-39)38-25-26-40-42-32-47-43(41-19-8-9-20-46(41)55-47)31-45(42)51(44(40)30-38)27-10-3-11-28-51/h1-2,4-9,12-26,29-32H,3,10-11,27-28H2. The molecule has 0 amide bonds. The Balaban J connectivity index is 1.01. The molecule has 11 rings (SSSR count). The van der Waals surface area contributed by atoms with Crippen LogP contribution in [0, 0.1) is 0 Å². The van der Waals surface area contributed by atoms with Crippen LogP contribution in [-0.2, 0) is 5.41 Å². The van der Waals surface area contributed by atoms with Crippen LogP contribution >= 0.6 is 0 Å². The fourth-order valence-electron chi connectivity index (χ4n) is 9.21. The number of benzene rings is 7. The maximum Gasteiger partial charge on any atom is 0.164 e. The molecule has 2 heterocycles. The summed E-state index contributed by atoms with van der Waals surface area (Å²) in [5.41, 5.74) is 15.1. The summed E-state index contributed by atoms with van der Waals surface area (Å²) >= 11 is 0. The highest BCUT2D eigenvalue weighted by Gasteiger charge is 2.44. The van der Waals surface area contributed by atoms with E-state index in [9.17, 15) is 0 Å². The molecule has 0 bridgehead atoms. The number of nitrogens with zero attached hydrogens (tertiary/aromatic N) is 3. The summed E-state index contributed by atoms with van der Waals surface area (Å²) in [5.74, 6) is 1.97. The Kier molecular flexibility index (Phi) is 7.38. The molecule has 9 aromatic rings. The molecule has 4 heteroatoms. The number of hydrogen-bond acceptors (Lipinski definition) is 4. The smallest absolute Gasteiger partial charge is 0.164 e. The van der Waals surface area contributed by atoms with Crippen molar-refractivity contribution in [3.8, 4) is 67.5 Å². The van der Waals surface area contributed by atoms with E-state index in [2.05, 4.69) is 140 Å². The lowest BCUT2D eigenvalue weighted by molar-refractivity contribution is 0.353. The van der Waals surface area contributed by atoms with Crippen LogP contribution in [0.2, 0.25) is 0 Å². The third-order valence-corrected chi connectivity index (χ3v) is 11.9. The largest absolute Gasteiger partial charge is 0.456 e. The summed E-state index contributed by atoms with van der Waals surface area (Å²) in [4.78, 5) is 15.2. The SMILES string of the molecule is c1ccc(-c2ccc(-c3nc(-c4ccccc4)nc(-c4cccc(-c5ccc6c(c5)C5(CCCCC5)c5cc7c(cc5-6)oc5ccccc57)c4)n3)cc2)cc1. The Hall–Kier alpha value is -6.65. The van der Waals surface area contributed by atoms with Crippen molar-refractivity contribution in [3.05, 3.63) is 175 Å². The van der Waals surface area contributed by atoms with Gasteiger partial charge in [0, 0.05) is 32.9 Å². The molecule has 0 saturated heterocycles. The van der Waals surface area contributed by atoms with Crippen molar-refractivity contribution in [2.75, 3.05) is 0 Å². The second-order valence-corrected chi connectivity index (χ2v) is 15.1. The maximum atomic E-state index is 6.40. The van der Waals surface area contributed by atoms with Crippen LogP contribution < -0.4 is 0 Å². The molecule has 2 aliphatic carbocycles. The third kappa shape index (κ3) is 5.32. The van der Waals surface area contributed by atoms with Gasteiger partial charge in [-0.3, -0.25) is 0 Å². The Labute approximate surface area is 320 Å². The lowest BCUT2D eigenvalue weighted by atomic mass is 9.67. The second-order valence-electron chi connectivity index (χ2n) is 15.1. The minimum absolute atomic E-state index is 0.00680. The normalized spacial score (nSPS) is 14.3. The van der Waals surface area contributed by atoms with Gasteiger partial charge in [-0.1, -0.05) is 153 Å². The van der Waals surface area contributed by atoms with E-state index < -0.39 is 0 Å². The summed E-state index contributed by atoms with van der Waals surface area (Å²) in [7, 11) is 0. The zero-order valence-corrected chi connectivity index (χ0v) is 30.4. The summed E-state index contributed by atoms with van der Waals surface area (Å²) in [6, 6.07) is 58.1. The number of rotatable bonds is 5. The van der Waals surface area contributed by atoms with E-state index in [0.29, 0.717) is 17.5 Å². The number of aromatic nitrogens is 3. The average molecular weight is 708 g/mol. The van der Waals surface area contributed by atoms with Crippen LogP contribution in [-0.4, -0.2) is 15.0 Å². The molecule has 0 radical (unpaired) electrons. The zero-order chi connectivity index (χ0) is 36.3. The molecule has 2 aliphatic rings. The predicted octanol–water partition coefficient (Wildman–Crippen LogP) is 13.3. The van der Waals surface area contributed by atoms with Crippen LogP contribution in [0.3, 0.4) is 0 Å². The van der Waals surface area contributed by atoms with Gasteiger partial charge in [-0.25, -0.2) is 15.0 Å². The first-order valence-corrected chi connectivity index (χ1v) is 19.4. The molecule has 1 spiro atoms. The highest BCUT2D eigenvalue weighted by atomic mass is 16.3. The lowest BCUT2D eigenvalue weighted by Crippen LogP contribution is -2.28. The molecule has 4 nitrogen and oxygen atoms in total. The van der Waals surface area contributed by atoms with Crippen LogP contribution in [0.25, 0.3) is 89.5 Å². The van der Waals surface area contributed by atoms with Crippen LogP contribution in [0.1, 0.15) is 43.2 Å².